The van der Waals surface area contributed by atoms with Crippen LogP contribution in [0.5, 0.6) is 17.2 Å². The largest absolute Gasteiger partial charge is 0.493 e. The molecule has 0 bridgehead atoms. The van der Waals surface area contributed by atoms with Gasteiger partial charge in [-0.3, -0.25) is 0 Å². The molecule has 6 rings (SSSR count). The molecule has 0 spiro atoms. The number of aromatic nitrogens is 2. The average Bonchev–Trinajstić information content (AvgIpc) is 3.44. The van der Waals surface area contributed by atoms with Crippen molar-refractivity contribution < 1.29 is 18.8 Å². The van der Waals surface area contributed by atoms with Crippen molar-refractivity contribution in [2.24, 2.45) is 0 Å². The van der Waals surface area contributed by atoms with E-state index in [1.807, 2.05) is 12.1 Å². The minimum absolute atomic E-state index is 0.607. The zero-order valence-corrected chi connectivity index (χ0v) is 17.8. The first kappa shape index (κ1) is 18.1. The summed E-state index contributed by atoms with van der Waals surface area (Å²) < 4.78 is 21.7. The Morgan fingerprint density at radius 2 is 1.42 bits per heavy atom. The van der Waals surface area contributed by atoms with Crippen molar-refractivity contribution in [3.8, 4) is 51.2 Å². The van der Waals surface area contributed by atoms with Gasteiger partial charge in [0, 0.05) is 22.3 Å². The summed E-state index contributed by atoms with van der Waals surface area (Å²) in [6, 6.07) is 21.5. The third kappa shape index (κ3) is 2.40. The van der Waals surface area contributed by atoms with Crippen LogP contribution < -0.4 is 18.8 Å². The first-order chi connectivity index (χ1) is 15.2. The molecule has 3 heterocycles. The van der Waals surface area contributed by atoms with Crippen molar-refractivity contribution in [3.63, 3.8) is 0 Å². The number of hydrogen-bond acceptors (Lipinski definition) is 3. The van der Waals surface area contributed by atoms with Gasteiger partial charge in [-0.2, -0.15) is 0 Å². The van der Waals surface area contributed by atoms with Crippen molar-refractivity contribution in [2.75, 3.05) is 21.3 Å². The summed E-state index contributed by atoms with van der Waals surface area (Å²) in [6.45, 7) is 1.69. The molecule has 2 aliphatic rings. The van der Waals surface area contributed by atoms with E-state index in [-0.39, 0.29) is 0 Å². The second kappa shape index (κ2) is 6.64. The molecular weight excluding hydrogens is 388 g/mol. The van der Waals surface area contributed by atoms with Crippen LogP contribution >= 0.6 is 0 Å². The molecule has 0 amide bonds. The predicted molar refractivity (Wildman–Crippen MR) is 119 cm³/mol. The molecule has 0 atom stereocenters. The van der Waals surface area contributed by atoms with E-state index >= 15 is 0 Å². The molecule has 4 aromatic rings. The van der Waals surface area contributed by atoms with E-state index in [4.69, 9.17) is 14.2 Å². The zero-order valence-electron chi connectivity index (χ0n) is 17.8. The highest BCUT2D eigenvalue weighted by Gasteiger charge is 2.42. The Morgan fingerprint density at radius 3 is 2.10 bits per heavy atom. The zero-order chi connectivity index (χ0) is 21.1. The number of hydrogen-bond donors (Lipinski definition) is 0. The Kier molecular flexibility index (Phi) is 3.87. The van der Waals surface area contributed by atoms with Crippen LogP contribution in [0.25, 0.3) is 33.9 Å². The van der Waals surface area contributed by atoms with E-state index in [1.54, 1.807) is 21.3 Å². The third-order valence-electron chi connectivity index (χ3n) is 6.40. The monoisotopic (exact) mass is 411 g/mol. The van der Waals surface area contributed by atoms with Crippen molar-refractivity contribution in [1.29, 1.82) is 0 Å². The van der Waals surface area contributed by atoms with E-state index in [0.29, 0.717) is 17.2 Å². The molecule has 2 aliphatic heterocycles. The summed E-state index contributed by atoms with van der Waals surface area (Å²) in [4.78, 5) is 0. The number of benzene rings is 3. The molecule has 0 saturated heterocycles. The normalized spacial score (nSPS) is 12.7. The SMILES string of the molecule is COc1cc(-c2n3c(c4[n+]2Cc2ccccc2-4)-c2ccccc2C3)cc(OC)c1OC. The van der Waals surface area contributed by atoms with Crippen LogP contribution in [0.1, 0.15) is 11.1 Å². The van der Waals surface area contributed by atoms with Gasteiger partial charge in [0.15, 0.2) is 22.9 Å². The fourth-order valence-electron chi connectivity index (χ4n) is 5.11. The summed E-state index contributed by atoms with van der Waals surface area (Å²) in [7, 11) is 4.95. The summed E-state index contributed by atoms with van der Waals surface area (Å²) >= 11 is 0. The average molecular weight is 411 g/mol. The van der Waals surface area contributed by atoms with Gasteiger partial charge in [-0.15, -0.1) is 0 Å². The first-order valence-corrected chi connectivity index (χ1v) is 10.4. The fourth-order valence-corrected chi connectivity index (χ4v) is 5.11. The lowest BCUT2D eigenvalue weighted by atomic mass is 10.0. The Balaban J connectivity index is 1.67. The summed E-state index contributed by atoms with van der Waals surface area (Å²) in [5.74, 6) is 3.08. The summed E-state index contributed by atoms with van der Waals surface area (Å²) in [5.41, 5.74) is 8.91. The van der Waals surface area contributed by atoms with Gasteiger partial charge in [0.2, 0.25) is 5.75 Å². The van der Waals surface area contributed by atoms with E-state index in [2.05, 4.69) is 57.7 Å². The van der Waals surface area contributed by atoms with Gasteiger partial charge >= 0.3 is 0 Å². The molecule has 0 fully saturated rings. The van der Waals surface area contributed by atoms with Crippen LogP contribution in [0.2, 0.25) is 0 Å². The first-order valence-electron chi connectivity index (χ1n) is 10.4. The highest BCUT2D eigenvalue weighted by Crippen LogP contribution is 2.47. The molecule has 5 nitrogen and oxygen atoms in total. The molecule has 154 valence electrons. The van der Waals surface area contributed by atoms with Gasteiger partial charge in [-0.05, 0) is 12.1 Å². The van der Waals surface area contributed by atoms with Gasteiger partial charge in [-0.25, -0.2) is 9.13 Å². The number of imidazole rings is 1. The van der Waals surface area contributed by atoms with E-state index in [1.165, 1.54) is 33.6 Å². The second-order valence-corrected chi connectivity index (χ2v) is 7.92. The van der Waals surface area contributed by atoms with Crippen molar-refractivity contribution in [2.45, 2.75) is 13.1 Å². The molecule has 0 aliphatic carbocycles. The number of rotatable bonds is 4. The molecule has 1 aromatic heterocycles. The topological polar surface area (TPSA) is 36.5 Å². The van der Waals surface area contributed by atoms with Gasteiger partial charge in [0.1, 0.15) is 13.1 Å². The highest BCUT2D eigenvalue weighted by molar-refractivity contribution is 5.85. The van der Waals surface area contributed by atoms with Crippen molar-refractivity contribution >= 4 is 0 Å². The maximum Gasteiger partial charge on any atom is 0.290 e. The lowest BCUT2D eigenvalue weighted by Crippen LogP contribution is -2.34. The standard InChI is InChI=1S/C26H23N2O3/c1-29-21-12-18(13-22(30-2)25(21)31-3)26-27-14-16-8-4-6-10-19(16)23(27)24-20-11-7-5-9-17(20)15-28(24)26/h4-13H,14-15H2,1-3H3/q+1. The quantitative estimate of drug-likeness (QED) is 0.400. The Labute approximate surface area is 181 Å². The molecule has 31 heavy (non-hydrogen) atoms. The number of ether oxygens (including phenoxy) is 3. The van der Waals surface area contributed by atoms with E-state index in [9.17, 15) is 0 Å². The fraction of sp³-hybridized carbons (Fsp3) is 0.192. The van der Waals surface area contributed by atoms with Crippen LogP contribution in [0, 0.1) is 0 Å². The molecule has 0 unspecified atom stereocenters. The van der Waals surface area contributed by atoms with Crippen LogP contribution in [-0.2, 0) is 13.1 Å². The van der Waals surface area contributed by atoms with E-state index < -0.39 is 0 Å². The molecule has 5 heteroatoms. The molecule has 3 aromatic carbocycles. The predicted octanol–water partition coefficient (Wildman–Crippen LogP) is 4.53. The number of nitrogens with zero attached hydrogens (tertiary/aromatic N) is 2. The Hall–Kier alpha value is -3.73. The van der Waals surface area contributed by atoms with Gasteiger partial charge in [0.25, 0.3) is 5.82 Å². The van der Waals surface area contributed by atoms with Crippen LogP contribution in [-0.4, -0.2) is 25.9 Å². The van der Waals surface area contributed by atoms with Crippen LogP contribution in [0.3, 0.4) is 0 Å². The maximum absolute atomic E-state index is 5.66. The second-order valence-electron chi connectivity index (χ2n) is 7.92. The minimum atomic E-state index is 0.607. The minimum Gasteiger partial charge on any atom is -0.493 e. The van der Waals surface area contributed by atoms with Gasteiger partial charge in [-0.1, -0.05) is 48.5 Å². The van der Waals surface area contributed by atoms with Crippen molar-refractivity contribution in [3.05, 3.63) is 71.8 Å². The lowest BCUT2D eigenvalue weighted by Gasteiger charge is -2.13. The summed E-state index contributed by atoms with van der Waals surface area (Å²) in [6.07, 6.45) is 0. The Bertz CT molecular complexity index is 1260. The maximum atomic E-state index is 5.66. The lowest BCUT2D eigenvalue weighted by molar-refractivity contribution is -0.660. The van der Waals surface area contributed by atoms with Gasteiger partial charge in [0.05, 0.1) is 26.9 Å². The smallest absolute Gasteiger partial charge is 0.290 e. The molecular formula is C26H23N2O3+. The number of methoxy groups -OCH3 is 3. The van der Waals surface area contributed by atoms with Crippen LogP contribution in [0.4, 0.5) is 0 Å². The van der Waals surface area contributed by atoms with Crippen molar-refractivity contribution in [1.82, 2.24) is 4.57 Å². The summed E-state index contributed by atoms with van der Waals surface area (Å²) in [5, 5.41) is 0. The molecule has 0 saturated carbocycles. The number of fused-ring (bicyclic) bond motifs is 7. The van der Waals surface area contributed by atoms with Crippen LogP contribution in [0.15, 0.2) is 60.7 Å². The molecule has 0 radical (unpaired) electrons. The Morgan fingerprint density at radius 1 is 0.774 bits per heavy atom. The van der Waals surface area contributed by atoms with Gasteiger partial charge < -0.3 is 14.2 Å². The van der Waals surface area contributed by atoms with E-state index in [0.717, 1.165) is 24.5 Å². The highest BCUT2D eigenvalue weighted by atomic mass is 16.5. The molecule has 0 N–H and O–H groups in total. The third-order valence-corrected chi connectivity index (χ3v) is 6.40.